The highest BCUT2D eigenvalue weighted by molar-refractivity contribution is 5.84. The maximum absolute atomic E-state index is 11.7. The Morgan fingerprint density at radius 1 is 1.50 bits per heavy atom. The largest absolute Gasteiger partial charge is 0.368 e. The van der Waals surface area contributed by atoms with Crippen LogP contribution in [0.5, 0.6) is 0 Å². The van der Waals surface area contributed by atoms with Crippen LogP contribution in [0.1, 0.15) is 33.2 Å². The Bertz CT molecular complexity index is 607. The SMILES string of the molecule is CCNC(C)(CC(C)n1ncc2ccccc21)C(N)=O. The number of para-hydroxylation sites is 1. The van der Waals surface area contributed by atoms with Crippen LogP contribution in [0.15, 0.2) is 30.5 Å². The normalized spacial score (nSPS) is 15.9. The first kappa shape index (κ1) is 14.5. The van der Waals surface area contributed by atoms with Gasteiger partial charge in [0.15, 0.2) is 0 Å². The molecule has 0 saturated heterocycles. The summed E-state index contributed by atoms with van der Waals surface area (Å²) in [6, 6.07) is 8.12. The highest BCUT2D eigenvalue weighted by Gasteiger charge is 2.32. The zero-order valence-corrected chi connectivity index (χ0v) is 12.3. The van der Waals surface area contributed by atoms with E-state index in [1.165, 1.54) is 0 Å². The zero-order valence-electron chi connectivity index (χ0n) is 12.3. The van der Waals surface area contributed by atoms with Crippen molar-refractivity contribution >= 4 is 16.8 Å². The van der Waals surface area contributed by atoms with Gasteiger partial charge < -0.3 is 11.1 Å². The molecule has 0 spiro atoms. The quantitative estimate of drug-likeness (QED) is 0.844. The molecule has 1 heterocycles. The van der Waals surface area contributed by atoms with E-state index in [9.17, 15) is 4.79 Å². The van der Waals surface area contributed by atoms with Gasteiger partial charge in [-0.2, -0.15) is 5.10 Å². The minimum atomic E-state index is -0.721. The number of nitrogens with two attached hydrogens (primary N) is 1. The Kier molecular flexibility index (Phi) is 4.09. The molecule has 0 bridgehead atoms. The van der Waals surface area contributed by atoms with Gasteiger partial charge in [-0.1, -0.05) is 25.1 Å². The van der Waals surface area contributed by atoms with Crippen molar-refractivity contribution in [1.29, 1.82) is 0 Å². The first-order valence-corrected chi connectivity index (χ1v) is 6.95. The van der Waals surface area contributed by atoms with E-state index in [-0.39, 0.29) is 11.9 Å². The fourth-order valence-corrected chi connectivity index (χ4v) is 2.67. The lowest BCUT2D eigenvalue weighted by Gasteiger charge is -2.30. The molecule has 0 fully saturated rings. The molecule has 0 saturated carbocycles. The van der Waals surface area contributed by atoms with E-state index in [2.05, 4.69) is 17.3 Å². The van der Waals surface area contributed by atoms with Gasteiger partial charge in [0, 0.05) is 5.39 Å². The molecule has 2 rings (SSSR count). The third-order valence-corrected chi connectivity index (χ3v) is 3.74. The smallest absolute Gasteiger partial charge is 0.237 e. The minimum absolute atomic E-state index is 0.0754. The Morgan fingerprint density at radius 2 is 2.20 bits per heavy atom. The van der Waals surface area contributed by atoms with Crippen LogP contribution in [0.4, 0.5) is 0 Å². The maximum Gasteiger partial charge on any atom is 0.237 e. The summed E-state index contributed by atoms with van der Waals surface area (Å²) >= 11 is 0. The lowest BCUT2D eigenvalue weighted by Crippen LogP contribution is -2.54. The van der Waals surface area contributed by atoms with Crippen molar-refractivity contribution in [2.75, 3.05) is 6.54 Å². The molecule has 108 valence electrons. The molecule has 2 unspecified atom stereocenters. The predicted molar refractivity (Wildman–Crippen MR) is 80.3 cm³/mol. The predicted octanol–water partition coefficient (Wildman–Crippen LogP) is 1.84. The lowest BCUT2D eigenvalue weighted by atomic mass is 9.92. The average molecular weight is 274 g/mol. The van der Waals surface area contributed by atoms with Crippen molar-refractivity contribution < 1.29 is 4.79 Å². The highest BCUT2D eigenvalue weighted by Crippen LogP contribution is 2.24. The first-order chi connectivity index (χ1) is 9.48. The van der Waals surface area contributed by atoms with E-state index in [0.717, 1.165) is 10.9 Å². The van der Waals surface area contributed by atoms with Crippen LogP contribution in [0, 0.1) is 0 Å². The van der Waals surface area contributed by atoms with Crippen molar-refractivity contribution in [3.63, 3.8) is 0 Å². The van der Waals surface area contributed by atoms with Gasteiger partial charge in [0.2, 0.25) is 5.91 Å². The van der Waals surface area contributed by atoms with Crippen LogP contribution in [0.2, 0.25) is 0 Å². The molecule has 0 aliphatic rings. The van der Waals surface area contributed by atoms with E-state index >= 15 is 0 Å². The summed E-state index contributed by atoms with van der Waals surface area (Å²) in [5.41, 5.74) is 5.89. The number of carbonyl (C=O) groups is 1. The summed E-state index contributed by atoms with van der Waals surface area (Å²) in [6.07, 6.45) is 2.45. The molecular weight excluding hydrogens is 252 g/mol. The van der Waals surface area contributed by atoms with E-state index < -0.39 is 5.54 Å². The van der Waals surface area contributed by atoms with Crippen molar-refractivity contribution in [2.24, 2.45) is 5.73 Å². The van der Waals surface area contributed by atoms with Gasteiger partial charge in [-0.3, -0.25) is 9.48 Å². The van der Waals surface area contributed by atoms with E-state index in [1.807, 2.05) is 49.0 Å². The maximum atomic E-state index is 11.7. The van der Waals surface area contributed by atoms with Gasteiger partial charge in [-0.25, -0.2) is 0 Å². The van der Waals surface area contributed by atoms with Crippen LogP contribution in [-0.4, -0.2) is 27.8 Å². The summed E-state index contributed by atoms with van der Waals surface area (Å²) in [5.74, 6) is -0.331. The van der Waals surface area contributed by atoms with Gasteiger partial charge in [0.1, 0.15) is 0 Å². The fourth-order valence-electron chi connectivity index (χ4n) is 2.67. The second-order valence-corrected chi connectivity index (χ2v) is 5.43. The van der Waals surface area contributed by atoms with Gasteiger partial charge in [-0.05, 0) is 32.9 Å². The number of amides is 1. The molecule has 5 nitrogen and oxygen atoms in total. The minimum Gasteiger partial charge on any atom is -0.368 e. The van der Waals surface area contributed by atoms with Gasteiger partial charge in [0.05, 0.1) is 23.3 Å². The number of hydrogen-bond acceptors (Lipinski definition) is 3. The van der Waals surface area contributed by atoms with Crippen LogP contribution in [0.25, 0.3) is 10.9 Å². The second kappa shape index (κ2) is 5.63. The Labute approximate surface area is 119 Å². The van der Waals surface area contributed by atoms with Crippen molar-refractivity contribution in [1.82, 2.24) is 15.1 Å². The average Bonchev–Trinajstić information content (AvgIpc) is 2.82. The summed E-state index contributed by atoms with van der Waals surface area (Å²) in [6.45, 7) is 6.57. The summed E-state index contributed by atoms with van der Waals surface area (Å²) in [7, 11) is 0. The van der Waals surface area contributed by atoms with Crippen molar-refractivity contribution in [2.45, 2.75) is 38.8 Å². The molecule has 1 aromatic carbocycles. The van der Waals surface area contributed by atoms with Gasteiger partial charge >= 0.3 is 0 Å². The molecule has 5 heteroatoms. The molecule has 1 amide bonds. The summed E-state index contributed by atoms with van der Waals surface area (Å²) in [5, 5.41) is 8.72. The number of carbonyl (C=O) groups excluding carboxylic acids is 1. The number of rotatable bonds is 6. The number of aromatic nitrogens is 2. The van der Waals surface area contributed by atoms with Crippen LogP contribution in [-0.2, 0) is 4.79 Å². The summed E-state index contributed by atoms with van der Waals surface area (Å²) in [4.78, 5) is 11.7. The zero-order chi connectivity index (χ0) is 14.8. The number of primary amides is 1. The summed E-state index contributed by atoms with van der Waals surface area (Å²) < 4.78 is 1.95. The van der Waals surface area contributed by atoms with Gasteiger partial charge in [-0.15, -0.1) is 0 Å². The third-order valence-electron chi connectivity index (χ3n) is 3.74. The topological polar surface area (TPSA) is 72.9 Å². The molecule has 2 atom stereocenters. The number of likely N-dealkylation sites (N-methyl/N-ethyl adjacent to an activating group) is 1. The van der Waals surface area contributed by atoms with Crippen molar-refractivity contribution in [3.05, 3.63) is 30.5 Å². The Morgan fingerprint density at radius 3 is 2.85 bits per heavy atom. The van der Waals surface area contributed by atoms with E-state index in [4.69, 9.17) is 5.73 Å². The number of nitrogens with zero attached hydrogens (tertiary/aromatic N) is 2. The number of hydrogen-bond donors (Lipinski definition) is 2. The molecular formula is C15H22N4O. The lowest BCUT2D eigenvalue weighted by molar-refractivity contribution is -0.124. The van der Waals surface area contributed by atoms with E-state index in [1.54, 1.807) is 0 Å². The first-order valence-electron chi connectivity index (χ1n) is 6.95. The number of benzene rings is 1. The highest BCUT2D eigenvalue weighted by atomic mass is 16.1. The molecule has 3 N–H and O–H groups in total. The van der Waals surface area contributed by atoms with Crippen LogP contribution in [0.3, 0.4) is 0 Å². The van der Waals surface area contributed by atoms with Crippen molar-refractivity contribution in [3.8, 4) is 0 Å². The standard InChI is InChI=1S/C15H22N4O/c1-4-17-15(3,14(16)20)9-11(2)19-13-8-6-5-7-12(13)10-18-19/h5-8,10-11,17H,4,9H2,1-3H3,(H2,16,20). The molecule has 0 aliphatic heterocycles. The third kappa shape index (κ3) is 2.67. The van der Waals surface area contributed by atoms with E-state index in [0.29, 0.717) is 13.0 Å². The molecule has 0 aliphatic carbocycles. The Balaban J connectivity index is 2.27. The molecule has 20 heavy (non-hydrogen) atoms. The Hall–Kier alpha value is -1.88. The molecule has 2 aromatic rings. The molecule has 1 aromatic heterocycles. The number of fused-ring (bicyclic) bond motifs is 1. The monoisotopic (exact) mass is 274 g/mol. The second-order valence-electron chi connectivity index (χ2n) is 5.43. The molecule has 0 radical (unpaired) electrons. The van der Waals surface area contributed by atoms with Crippen LogP contribution < -0.4 is 11.1 Å². The fraction of sp³-hybridized carbons (Fsp3) is 0.467. The number of nitrogens with one attached hydrogen (secondary N) is 1. The van der Waals surface area contributed by atoms with Crippen LogP contribution >= 0.6 is 0 Å². The van der Waals surface area contributed by atoms with Gasteiger partial charge in [0.25, 0.3) is 0 Å².